The zero-order valence-electron chi connectivity index (χ0n) is 13.7. The Kier molecular flexibility index (Phi) is 5.26. The van der Waals surface area contributed by atoms with Gasteiger partial charge in [0.1, 0.15) is 11.5 Å². The van der Waals surface area contributed by atoms with Gasteiger partial charge in [0, 0.05) is 18.9 Å². The Hall–Kier alpha value is -3.35. The number of aromatic nitrogens is 2. The lowest BCUT2D eigenvalue weighted by Crippen LogP contribution is -2.23. The van der Waals surface area contributed by atoms with Crippen molar-refractivity contribution in [3.63, 3.8) is 0 Å². The standard InChI is InChI=1S/C18H18N4O3/c1-24-15-6-4-13(5-7-15)9-19-17(23)14-10-20-18(21-11-14)22-12-16-3-2-8-25-16/h2-8,10-11H,9,12H2,1H3,(H,19,23)(H,20,21,22). The molecule has 7 nitrogen and oxygen atoms in total. The molecule has 1 aromatic carbocycles. The highest BCUT2D eigenvalue weighted by atomic mass is 16.5. The number of hydrogen-bond donors (Lipinski definition) is 2. The van der Waals surface area contributed by atoms with Gasteiger partial charge in [0.15, 0.2) is 0 Å². The van der Waals surface area contributed by atoms with Crippen molar-refractivity contribution in [3.05, 3.63) is 71.9 Å². The molecule has 0 aliphatic carbocycles. The van der Waals surface area contributed by atoms with E-state index in [-0.39, 0.29) is 5.91 Å². The third-order valence-corrected chi connectivity index (χ3v) is 3.53. The molecular weight excluding hydrogens is 320 g/mol. The number of nitrogens with zero attached hydrogens (tertiary/aromatic N) is 2. The fraction of sp³-hybridized carbons (Fsp3) is 0.167. The molecule has 2 aromatic heterocycles. The summed E-state index contributed by atoms with van der Waals surface area (Å²) >= 11 is 0. The molecule has 0 unspecified atom stereocenters. The van der Waals surface area contributed by atoms with Crippen LogP contribution in [-0.2, 0) is 13.1 Å². The smallest absolute Gasteiger partial charge is 0.254 e. The number of anilines is 1. The van der Waals surface area contributed by atoms with Crippen LogP contribution >= 0.6 is 0 Å². The number of hydrogen-bond acceptors (Lipinski definition) is 6. The minimum absolute atomic E-state index is 0.228. The molecule has 2 N–H and O–H groups in total. The summed E-state index contributed by atoms with van der Waals surface area (Å²) in [4.78, 5) is 20.4. The number of nitrogens with one attached hydrogen (secondary N) is 2. The maximum absolute atomic E-state index is 12.1. The molecule has 7 heteroatoms. The monoisotopic (exact) mass is 338 g/mol. The Balaban J connectivity index is 1.51. The van der Waals surface area contributed by atoms with Crippen LogP contribution in [0.15, 0.2) is 59.5 Å². The van der Waals surface area contributed by atoms with Crippen LogP contribution in [0.3, 0.4) is 0 Å². The van der Waals surface area contributed by atoms with Crippen LogP contribution in [0, 0.1) is 0 Å². The van der Waals surface area contributed by atoms with E-state index < -0.39 is 0 Å². The van der Waals surface area contributed by atoms with Crippen LogP contribution in [0.5, 0.6) is 5.75 Å². The summed E-state index contributed by atoms with van der Waals surface area (Å²) in [6.07, 6.45) is 4.58. The SMILES string of the molecule is COc1ccc(CNC(=O)c2cnc(NCc3ccco3)nc2)cc1. The van der Waals surface area contributed by atoms with Gasteiger partial charge in [-0.2, -0.15) is 0 Å². The van der Waals surface area contributed by atoms with Gasteiger partial charge in [-0.15, -0.1) is 0 Å². The van der Waals surface area contributed by atoms with E-state index in [1.54, 1.807) is 13.4 Å². The summed E-state index contributed by atoms with van der Waals surface area (Å²) in [6, 6.07) is 11.2. The van der Waals surface area contributed by atoms with E-state index in [4.69, 9.17) is 9.15 Å². The average molecular weight is 338 g/mol. The number of furan rings is 1. The van der Waals surface area contributed by atoms with Crippen LogP contribution < -0.4 is 15.4 Å². The predicted octanol–water partition coefficient (Wildman–Crippen LogP) is 2.62. The molecule has 128 valence electrons. The number of rotatable bonds is 7. The first kappa shape index (κ1) is 16.5. The van der Waals surface area contributed by atoms with Crippen LogP contribution in [0.2, 0.25) is 0 Å². The first-order valence-electron chi connectivity index (χ1n) is 7.74. The number of carbonyl (C=O) groups is 1. The Morgan fingerprint density at radius 1 is 1.12 bits per heavy atom. The molecule has 1 amide bonds. The van der Waals surface area contributed by atoms with Gasteiger partial charge in [0.25, 0.3) is 5.91 Å². The van der Waals surface area contributed by atoms with Crippen molar-refractivity contribution >= 4 is 11.9 Å². The molecule has 0 saturated heterocycles. The number of ether oxygens (including phenoxy) is 1. The summed E-state index contributed by atoms with van der Waals surface area (Å²) < 4.78 is 10.3. The minimum atomic E-state index is -0.228. The number of methoxy groups -OCH3 is 1. The quantitative estimate of drug-likeness (QED) is 0.688. The Morgan fingerprint density at radius 2 is 1.88 bits per heavy atom. The van der Waals surface area contributed by atoms with Gasteiger partial charge >= 0.3 is 0 Å². The highest BCUT2D eigenvalue weighted by Gasteiger charge is 2.07. The van der Waals surface area contributed by atoms with Crippen molar-refractivity contribution in [1.29, 1.82) is 0 Å². The Bertz CT molecular complexity index is 799. The third-order valence-electron chi connectivity index (χ3n) is 3.53. The highest BCUT2D eigenvalue weighted by molar-refractivity contribution is 5.93. The molecule has 25 heavy (non-hydrogen) atoms. The first-order chi connectivity index (χ1) is 12.2. The van der Waals surface area contributed by atoms with Gasteiger partial charge < -0.3 is 19.8 Å². The highest BCUT2D eigenvalue weighted by Crippen LogP contribution is 2.11. The largest absolute Gasteiger partial charge is 0.497 e. The second-order valence-electron chi connectivity index (χ2n) is 5.26. The van der Waals surface area contributed by atoms with Crippen molar-refractivity contribution in [3.8, 4) is 5.75 Å². The van der Waals surface area contributed by atoms with Crippen molar-refractivity contribution in [2.45, 2.75) is 13.1 Å². The molecule has 0 radical (unpaired) electrons. The molecular formula is C18H18N4O3. The predicted molar refractivity (Wildman–Crippen MR) is 92.2 cm³/mol. The summed E-state index contributed by atoms with van der Waals surface area (Å²) in [5.41, 5.74) is 1.38. The zero-order valence-corrected chi connectivity index (χ0v) is 13.7. The van der Waals surface area contributed by atoms with E-state index in [1.807, 2.05) is 36.4 Å². The van der Waals surface area contributed by atoms with Gasteiger partial charge in [-0.3, -0.25) is 4.79 Å². The number of amides is 1. The van der Waals surface area contributed by atoms with Gasteiger partial charge in [-0.1, -0.05) is 12.1 Å². The summed E-state index contributed by atoms with van der Waals surface area (Å²) in [6.45, 7) is 0.900. The lowest BCUT2D eigenvalue weighted by molar-refractivity contribution is 0.0950. The first-order valence-corrected chi connectivity index (χ1v) is 7.74. The van der Waals surface area contributed by atoms with Crippen molar-refractivity contribution < 1.29 is 13.9 Å². The average Bonchev–Trinajstić information content (AvgIpc) is 3.19. The molecule has 0 aliphatic rings. The fourth-order valence-corrected chi connectivity index (χ4v) is 2.14. The van der Waals surface area contributed by atoms with E-state index in [0.29, 0.717) is 24.6 Å². The molecule has 0 spiro atoms. The van der Waals surface area contributed by atoms with Gasteiger partial charge in [-0.25, -0.2) is 9.97 Å². The normalized spacial score (nSPS) is 10.3. The summed E-state index contributed by atoms with van der Waals surface area (Å²) in [5, 5.41) is 5.85. The molecule has 0 fully saturated rings. The van der Waals surface area contributed by atoms with Crippen LogP contribution in [0.1, 0.15) is 21.7 Å². The van der Waals surface area contributed by atoms with Crippen LogP contribution in [0.4, 0.5) is 5.95 Å². The second-order valence-corrected chi connectivity index (χ2v) is 5.26. The summed E-state index contributed by atoms with van der Waals surface area (Å²) in [7, 11) is 1.62. The minimum Gasteiger partial charge on any atom is -0.497 e. The van der Waals surface area contributed by atoms with E-state index in [0.717, 1.165) is 17.1 Å². The Labute approximate surface area is 145 Å². The number of benzene rings is 1. The molecule has 0 bridgehead atoms. The zero-order chi connectivity index (χ0) is 17.5. The topological polar surface area (TPSA) is 89.3 Å². The van der Waals surface area contributed by atoms with Crippen LogP contribution in [-0.4, -0.2) is 23.0 Å². The van der Waals surface area contributed by atoms with Crippen molar-refractivity contribution in [2.75, 3.05) is 12.4 Å². The molecule has 0 atom stereocenters. The maximum Gasteiger partial charge on any atom is 0.254 e. The van der Waals surface area contributed by atoms with Crippen molar-refractivity contribution in [1.82, 2.24) is 15.3 Å². The van der Waals surface area contributed by atoms with E-state index in [9.17, 15) is 4.79 Å². The maximum atomic E-state index is 12.1. The third kappa shape index (κ3) is 4.57. The van der Waals surface area contributed by atoms with Gasteiger partial charge in [0.05, 0.1) is 25.5 Å². The van der Waals surface area contributed by atoms with Crippen LogP contribution in [0.25, 0.3) is 0 Å². The Morgan fingerprint density at radius 3 is 2.52 bits per heavy atom. The van der Waals surface area contributed by atoms with E-state index in [1.165, 1.54) is 12.4 Å². The van der Waals surface area contributed by atoms with Gasteiger partial charge in [0.2, 0.25) is 5.95 Å². The molecule has 3 aromatic rings. The fourth-order valence-electron chi connectivity index (χ4n) is 2.14. The van der Waals surface area contributed by atoms with E-state index >= 15 is 0 Å². The second kappa shape index (κ2) is 7.96. The molecule has 0 aliphatic heterocycles. The molecule has 2 heterocycles. The number of carbonyl (C=O) groups excluding carboxylic acids is 1. The van der Waals surface area contributed by atoms with Gasteiger partial charge in [-0.05, 0) is 29.8 Å². The summed E-state index contributed by atoms with van der Waals surface area (Å²) in [5.74, 6) is 1.77. The molecule has 0 saturated carbocycles. The lowest BCUT2D eigenvalue weighted by Gasteiger charge is -2.07. The van der Waals surface area contributed by atoms with E-state index in [2.05, 4.69) is 20.6 Å². The molecule has 3 rings (SSSR count). The van der Waals surface area contributed by atoms with Crippen molar-refractivity contribution in [2.24, 2.45) is 0 Å². The lowest BCUT2D eigenvalue weighted by atomic mass is 10.2.